The summed E-state index contributed by atoms with van der Waals surface area (Å²) in [6.45, 7) is 9.77. The van der Waals surface area contributed by atoms with Gasteiger partial charge in [0.2, 0.25) is 0 Å². The summed E-state index contributed by atoms with van der Waals surface area (Å²) in [5.41, 5.74) is 4.21. The van der Waals surface area contributed by atoms with Crippen molar-refractivity contribution in [3.05, 3.63) is 35.5 Å². The maximum absolute atomic E-state index is 10.5. The maximum atomic E-state index is 10.5. The van der Waals surface area contributed by atoms with Gasteiger partial charge in [0.15, 0.2) is 0 Å². The average molecular weight is 370 g/mol. The van der Waals surface area contributed by atoms with E-state index in [1.807, 2.05) is 6.92 Å². The topological polar surface area (TPSA) is 42.5 Å². The van der Waals surface area contributed by atoms with Crippen molar-refractivity contribution < 1.29 is 5.11 Å². The summed E-state index contributed by atoms with van der Waals surface area (Å²) in [6, 6.07) is 9.61. The van der Waals surface area contributed by atoms with Crippen molar-refractivity contribution >= 4 is 10.9 Å². The summed E-state index contributed by atoms with van der Waals surface area (Å²) in [5, 5.41) is 11.9. The average Bonchev–Trinajstić information content (AvgIpc) is 3.04. The fourth-order valence-electron chi connectivity index (χ4n) is 5.26. The molecule has 27 heavy (non-hydrogen) atoms. The van der Waals surface area contributed by atoms with E-state index in [0.29, 0.717) is 23.9 Å². The third kappa shape index (κ3) is 3.55. The summed E-state index contributed by atoms with van der Waals surface area (Å²) in [6.07, 6.45) is 3.16. The monoisotopic (exact) mass is 369 g/mol. The molecule has 4 rings (SSSR count). The molecule has 0 bridgehead atoms. The van der Waals surface area contributed by atoms with Crippen LogP contribution in [-0.4, -0.2) is 58.7 Å². The largest absolute Gasteiger partial charge is 0.393 e. The third-order valence-electron chi connectivity index (χ3n) is 6.92. The van der Waals surface area contributed by atoms with E-state index < -0.39 is 0 Å². The van der Waals surface area contributed by atoms with Gasteiger partial charge >= 0.3 is 0 Å². The van der Waals surface area contributed by atoms with Crippen LogP contribution in [-0.2, 0) is 6.42 Å². The number of aromatic amines is 1. The number of nitrogens with zero attached hydrogens (tertiary/aromatic N) is 2. The maximum Gasteiger partial charge on any atom is 0.0567 e. The lowest BCUT2D eigenvalue weighted by molar-refractivity contribution is -0.0301. The van der Waals surface area contributed by atoms with Crippen LogP contribution in [0.5, 0.6) is 0 Å². The van der Waals surface area contributed by atoms with Gasteiger partial charge in [-0.25, -0.2) is 0 Å². The van der Waals surface area contributed by atoms with E-state index in [1.165, 1.54) is 28.6 Å². The Labute approximate surface area is 163 Å². The van der Waals surface area contributed by atoms with Crippen LogP contribution in [0.3, 0.4) is 0 Å². The van der Waals surface area contributed by atoms with Crippen LogP contribution >= 0.6 is 0 Å². The Balaban J connectivity index is 1.63. The third-order valence-corrected chi connectivity index (χ3v) is 6.92. The summed E-state index contributed by atoms with van der Waals surface area (Å²) in [4.78, 5) is 8.88. The molecule has 1 fully saturated rings. The first kappa shape index (κ1) is 19.0. The Hall–Kier alpha value is -1.36. The van der Waals surface area contributed by atoms with Crippen molar-refractivity contribution in [2.24, 2.45) is 11.8 Å². The van der Waals surface area contributed by atoms with Gasteiger partial charge in [0, 0.05) is 41.6 Å². The van der Waals surface area contributed by atoms with E-state index in [0.717, 1.165) is 32.5 Å². The summed E-state index contributed by atoms with van der Waals surface area (Å²) >= 11 is 0. The number of aliphatic hydroxyl groups excluding tert-OH is 1. The summed E-state index contributed by atoms with van der Waals surface area (Å²) < 4.78 is 0. The minimum atomic E-state index is -0.262. The number of fused-ring (bicyclic) bond motifs is 5. The van der Waals surface area contributed by atoms with E-state index in [-0.39, 0.29) is 6.10 Å². The fourth-order valence-corrected chi connectivity index (χ4v) is 5.26. The molecule has 2 aliphatic heterocycles. The molecule has 4 heteroatoms. The highest BCUT2D eigenvalue weighted by Gasteiger charge is 2.42. The molecule has 1 saturated heterocycles. The van der Waals surface area contributed by atoms with E-state index in [2.05, 4.69) is 59.9 Å². The highest BCUT2D eigenvalue weighted by molar-refractivity contribution is 5.85. The number of hydrogen-bond donors (Lipinski definition) is 2. The minimum absolute atomic E-state index is 0.262. The fraction of sp³-hybridized carbons (Fsp3) is 0.652. The molecule has 148 valence electrons. The second-order valence-electron chi connectivity index (χ2n) is 9.19. The molecule has 2 N–H and O–H groups in total. The Bertz CT molecular complexity index is 781. The lowest BCUT2D eigenvalue weighted by Crippen LogP contribution is -2.55. The zero-order chi connectivity index (χ0) is 19.1. The van der Waals surface area contributed by atoms with Crippen LogP contribution < -0.4 is 0 Å². The predicted molar refractivity (Wildman–Crippen MR) is 112 cm³/mol. The van der Waals surface area contributed by atoms with Crippen molar-refractivity contribution in [1.29, 1.82) is 0 Å². The standard InChI is InChI=1S/C23H35N3O/c1-15(2)9-11-25(4)21-13-22-23-18(17-7-5-6-8-20(17)24-23)10-12-26(22)14-19(21)16(3)27/h5-8,15-16,19,21-22,24,27H,9-14H2,1-4H3/t16-,19-,21-,22-/m0/s1. The SMILES string of the molecule is CC(C)CCN(C)[C@H]1C[C@H]2c3[nH]c4ccccc4c3CCN2C[C@H]1[C@H](C)O. The molecule has 2 aliphatic rings. The Kier molecular flexibility index (Phi) is 5.32. The molecule has 4 atom stereocenters. The number of aliphatic hydroxyl groups is 1. The zero-order valence-electron chi connectivity index (χ0n) is 17.3. The van der Waals surface area contributed by atoms with Crippen LogP contribution in [0, 0.1) is 11.8 Å². The van der Waals surface area contributed by atoms with Crippen molar-refractivity contribution in [1.82, 2.24) is 14.8 Å². The molecule has 1 aromatic heterocycles. The van der Waals surface area contributed by atoms with Gasteiger partial charge in [-0.05, 0) is 57.3 Å². The number of H-pyrrole nitrogens is 1. The molecule has 0 spiro atoms. The molecule has 4 nitrogen and oxygen atoms in total. The van der Waals surface area contributed by atoms with Crippen LogP contribution in [0.1, 0.15) is 50.9 Å². The Morgan fingerprint density at radius 2 is 2.04 bits per heavy atom. The van der Waals surface area contributed by atoms with E-state index in [4.69, 9.17) is 0 Å². The van der Waals surface area contributed by atoms with Crippen molar-refractivity contribution in [3.8, 4) is 0 Å². The molecule has 2 aromatic rings. The number of aromatic nitrogens is 1. The number of para-hydroxylation sites is 1. The molecular formula is C23H35N3O. The number of nitrogens with one attached hydrogen (secondary N) is 1. The quantitative estimate of drug-likeness (QED) is 0.842. The lowest BCUT2D eigenvalue weighted by atomic mass is 9.80. The smallest absolute Gasteiger partial charge is 0.0567 e. The normalized spacial score (nSPS) is 27.1. The number of rotatable bonds is 5. The van der Waals surface area contributed by atoms with Gasteiger partial charge < -0.3 is 15.0 Å². The van der Waals surface area contributed by atoms with Crippen LogP contribution in [0.15, 0.2) is 24.3 Å². The minimum Gasteiger partial charge on any atom is -0.393 e. The van der Waals surface area contributed by atoms with Gasteiger partial charge in [-0.15, -0.1) is 0 Å². The second-order valence-corrected chi connectivity index (χ2v) is 9.19. The first-order valence-corrected chi connectivity index (χ1v) is 10.7. The summed E-state index contributed by atoms with van der Waals surface area (Å²) in [5.74, 6) is 1.04. The van der Waals surface area contributed by atoms with E-state index in [9.17, 15) is 5.11 Å². The second kappa shape index (κ2) is 7.57. The highest BCUT2D eigenvalue weighted by atomic mass is 16.3. The summed E-state index contributed by atoms with van der Waals surface area (Å²) in [7, 11) is 2.26. The van der Waals surface area contributed by atoms with E-state index >= 15 is 0 Å². The van der Waals surface area contributed by atoms with Gasteiger partial charge in [0.05, 0.1) is 12.1 Å². The molecule has 0 amide bonds. The van der Waals surface area contributed by atoms with Gasteiger partial charge in [-0.3, -0.25) is 4.90 Å². The van der Waals surface area contributed by atoms with Crippen LogP contribution in [0.4, 0.5) is 0 Å². The molecular weight excluding hydrogens is 334 g/mol. The first-order valence-electron chi connectivity index (χ1n) is 10.7. The van der Waals surface area contributed by atoms with Crippen LogP contribution in [0.2, 0.25) is 0 Å². The first-order chi connectivity index (χ1) is 13.0. The van der Waals surface area contributed by atoms with Gasteiger partial charge in [-0.1, -0.05) is 32.0 Å². The van der Waals surface area contributed by atoms with Crippen molar-refractivity contribution in [2.75, 3.05) is 26.7 Å². The molecule has 0 saturated carbocycles. The predicted octanol–water partition coefficient (Wildman–Crippen LogP) is 3.81. The zero-order valence-corrected chi connectivity index (χ0v) is 17.3. The molecule has 0 aliphatic carbocycles. The van der Waals surface area contributed by atoms with Gasteiger partial charge in [0.25, 0.3) is 0 Å². The number of piperidine rings is 1. The Morgan fingerprint density at radius 1 is 1.26 bits per heavy atom. The number of benzene rings is 1. The van der Waals surface area contributed by atoms with Crippen molar-refractivity contribution in [3.63, 3.8) is 0 Å². The molecule has 0 unspecified atom stereocenters. The number of hydrogen-bond acceptors (Lipinski definition) is 3. The lowest BCUT2D eigenvalue weighted by Gasteiger charge is -2.49. The van der Waals surface area contributed by atoms with Crippen LogP contribution in [0.25, 0.3) is 10.9 Å². The van der Waals surface area contributed by atoms with Gasteiger partial charge in [-0.2, -0.15) is 0 Å². The Morgan fingerprint density at radius 3 is 2.78 bits per heavy atom. The molecule has 3 heterocycles. The highest BCUT2D eigenvalue weighted by Crippen LogP contribution is 2.42. The molecule has 0 radical (unpaired) electrons. The molecule has 1 aromatic carbocycles. The van der Waals surface area contributed by atoms with Crippen molar-refractivity contribution in [2.45, 2.75) is 58.2 Å². The van der Waals surface area contributed by atoms with Gasteiger partial charge in [0.1, 0.15) is 0 Å². The van der Waals surface area contributed by atoms with E-state index in [1.54, 1.807) is 0 Å².